The van der Waals surface area contributed by atoms with Crippen LogP contribution in [0.5, 0.6) is 0 Å². The molecule has 0 amide bonds. The van der Waals surface area contributed by atoms with Crippen molar-refractivity contribution in [1.29, 1.82) is 0 Å². The van der Waals surface area contributed by atoms with E-state index in [0.29, 0.717) is 0 Å². The van der Waals surface area contributed by atoms with E-state index in [1.54, 1.807) is 20.1 Å². The Balaban J connectivity index is 3.03. The van der Waals surface area contributed by atoms with Crippen molar-refractivity contribution in [2.24, 2.45) is 0 Å². The van der Waals surface area contributed by atoms with Crippen molar-refractivity contribution in [1.82, 2.24) is 0 Å². The molecule has 0 aliphatic rings. The van der Waals surface area contributed by atoms with Crippen LogP contribution in [0.25, 0.3) is 5.57 Å². The number of methoxy groups -OCH3 is 1. The van der Waals surface area contributed by atoms with Crippen LogP contribution < -0.4 is 0 Å². The molecule has 0 aliphatic carbocycles. The largest absolute Gasteiger partial charge is 0.377 e. The molecule has 1 atom stereocenters. The first-order valence-corrected chi connectivity index (χ1v) is 5.36. The van der Waals surface area contributed by atoms with Gasteiger partial charge in [-0.2, -0.15) is 0 Å². The van der Waals surface area contributed by atoms with Crippen molar-refractivity contribution >= 4 is 11.4 Å². The van der Waals surface area contributed by atoms with E-state index in [0.717, 1.165) is 16.7 Å². The Morgan fingerprint density at radius 2 is 2.06 bits per heavy atom. The molecule has 1 rings (SSSR count). The van der Waals surface area contributed by atoms with Crippen LogP contribution in [0.3, 0.4) is 0 Å². The minimum Gasteiger partial charge on any atom is -0.377 e. The predicted molar refractivity (Wildman–Crippen MR) is 66.2 cm³/mol. The minimum atomic E-state index is 0.0719. The maximum Gasteiger partial charge on any atom is 0.152 e. The molecule has 16 heavy (non-hydrogen) atoms. The van der Waals surface area contributed by atoms with Crippen molar-refractivity contribution in [3.05, 3.63) is 41.5 Å². The molecule has 86 valence electrons. The Bertz CT molecular complexity index is 405. The average Bonchev–Trinajstić information content (AvgIpc) is 2.27. The Hall–Kier alpha value is -1.41. The van der Waals surface area contributed by atoms with E-state index < -0.39 is 0 Å². The molecule has 2 nitrogen and oxygen atoms in total. The number of carbonyl (C=O) groups excluding carboxylic acids is 1. The number of ether oxygens (including phenoxy) is 1. The van der Waals surface area contributed by atoms with Gasteiger partial charge in [0.15, 0.2) is 5.78 Å². The van der Waals surface area contributed by atoms with Crippen LogP contribution in [0.15, 0.2) is 30.3 Å². The highest BCUT2D eigenvalue weighted by Crippen LogP contribution is 2.21. The first-order valence-electron chi connectivity index (χ1n) is 5.36. The Morgan fingerprint density at radius 1 is 1.38 bits per heavy atom. The summed E-state index contributed by atoms with van der Waals surface area (Å²) in [5.41, 5.74) is 3.17. The van der Waals surface area contributed by atoms with Crippen LogP contribution in [-0.2, 0) is 9.53 Å². The second kappa shape index (κ2) is 5.61. The molecule has 0 bridgehead atoms. The average molecular weight is 218 g/mol. The van der Waals surface area contributed by atoms with Gasteiger partial charge in [0.1, 0.15) is 0 Å². The molecule has 1 aromatic carbocycles. The van der Waals surface area contributed by atoms with Crippen molar-refractivity contribution in [2.45, 2.75) is 26.9 Å². The highest BCUT2D eigenvalue weighted by atomic mass is 16.5. The third-order valence-corrected chi connectivity index (χ3v) is 2.58. The maximum atomic E-state index is 11.0. The zero-order valence-corrected chi connectivity index (χ0v) is 10.3. The summed E-state index contributed by atoms with van der Waals surface area (Å²) in [6.07, 6.45) is 1.72. The van der Waals surface area contributed by atoms with Gasteiger partial charge < -0.3 is 4.74 Å². The molecule has 0 aliphatic heterocycles. The number of carbonyl (C=O) groups is 1. The van der Waals surface area contributed by atoms with E-state index in [1.807, 2.05) is 32.0 Å². The van der Waals surface area contributed by atoms with Crippen molar-refractivity contribution in [3.8, 4) is 0 Å². The second-order valence-corrected chi connectivity index (χ2v) is 3.94. The summed E-state index contributed by atoms with van der Waals surface area (Å²) in [5.74, 6) is 0.0719. The standard InChI is InChI=1S/C14H18O2/c1-10(8-11(2)15)13-6-5-7-14(9-13)12(3)16-4/h5-9,12H,1-4H3. The van der Waals surface area contributed by atoms with Crippen LogP contribution in [0, 0.1) is 0 Å². The first kappa shape index (κ1) is 12.7. The van der Waals surface area contributed by atoms with Crippen LogP contribution in [-0.4, -0.2) is 12.9 Å². The number of hydrogen-bond acceptors (Lipinski definition) is 2. The van der Waals surface area contributed by atoms with E-state index in [-0.39, 0.29) is 11.9 Å². The summed E-state index contributed by atoms with van der Waals surface area (Å²) in [4.78, 5) is 11.0. The van der Waals surface area contributed by atoms with Gasteiger partial charge >= 0.3 is 0 Å². The Labute approximate surface area is 96.9 Å². The van der Waals surface area contributed by atoms with E-state index in [2.05, 4.69) is 6.07 Å². The topological polar surface area (TPSA) is 26.3 Å². The Morgan fingerprint density at radius 3 is 2.62 bits per heavy atom. The summed E-state index contributed by atoms with van der Waals surface area (Å²) >= 11 is 0. The third kappa shape index (κ3) is 3.31. The fourth-order valence-electron chi connectivity index (χ4n) is 1.56. The van der Waals surface area contributed by atoms with E-state index in [1.165, 1.54) is 0 Å². The van der Waals surface area contributed by atoms with E-state index in [4.69, 9.17) is 4.74 Å². The zero-order valence-electron chi connectivity index (χ0n) is 10.3. The van der Waals surface area contributed by atoms with Gasteiger partial charge in [-0.05, 0) is 49.6 Å². The monoisotopic (exact) mass is 218 g/mol. The molecule has 0 saturated heterocycles. The molecule has 0 aromatic heterocycles. The van der Waals surface area contributed by atoms with Crippen LogP contribution >= 0.6 is 0 Å². The lowest BCUT2D eigenvalue weighted by Crippen LogP contribution is -1.96. The third-order valence-electron chi connectivity index (χ3n) is 2.58. The summed E-state index contributed by atoms with van der Waals surface area (Å²) < 4.78 is 5.27. The molecule has 0 spiro atoms. The molecule has 0 saturated carbocycles. The van der Waals surface area contributed by atoms with Crippen LogP contribution in [0.2, 0.25) is 0 Å². The van der Waals surface area contributed by atoms with E-state index in [9.17, 15) is 4.79 Å². The van der Waals surface area contributed by atoms with Gasteiger partial charge in [-0.25, -0.2) is 0 Å². The second-order valence-electron chi connectivity index (χ2n) is 3.94. The van der Waals surface area contributed by atoms with Gasteiger partial charge in [0, 0.05) is 7.11 Å². The van der Waals surface area contributed by atoms with Gasteiger partial charge in [-0.3, -0.25) is 4.79 Å². The van der Waals surface area contributed by atoms with Crippen LogP contribution in [0.4, 0.5) is 0 Å². The number of benzene rings is 1. The minimum absolute atomic E-state index is 0.0719. The number of ketones is 1. The highest BCUT2D eigenvalue weighted by molar-refractivity contribution is 5.94. The smallest absolute Gasteiger partial charge is 0.152 e. The zero-order chi connectivity index (χ0) is 12.1. The van der Waals surface area contributed by atoms with Gasteiger partial charge in [0.05, 0.1) is 6.10 Å². The van der Waals surface area contributed by atoms with Crippen molar-refractivity contribution in [3.63, 3.8) is 0 Å². The number of rotatable bonds is 4. The normalized spacial score (nSPS) is 13.6. The fraction of sp³-hybridized carbons (Fsp3) is 0.357. The molecule has 0 fully saturated rings. The molecule has 0 heterocycles. The van der Waals surface area contributed by atoms with Gasteiger partial charge in [0.2, 0.25) is 0 Å². The molecule has 2 heteroatoms. The predicted octanol–water partition coefficient (Wildman–Crippen LogP) is 3.39. The molecular formula is C14H18O2. The van der Waals surface area contributed by atoms with Crippen LogP contribution in [0.1, 0.15) is 38.0 Å². The molecule has 0 N–H and O–H groups in total. The number of allylic oxidation sites excluding steroid dienone is 2. The summed E-state index contributed by atoms with van der Waals surface area (Å²) in [6, 6.07) is 8.07. The van der Waals surface area contributed by atoms with Crippen molar-refractivity contribution < 1.29 is 9.53 Å². The van der Waals surface area contributed by atoms with E-state index >= 15 is 0 Å². The Kier molecular flexibility index (Phi) is 4.44. The fourth-order valence-corrected chi connectivity index (χ4v) is 1.56. The first-order chi connectivity index (χ1) is 7.54. The lowest BCUT2D eigenvalue weighted by Gasteiger charge is -2.11. The van der Waals surface area contributed by atoms with Crippen molar-refractivity contribution in [2.75, 3.05) is 7.11 Å². The summed E-state index contributed by atoms with van der Waals surface area (Å²) in [6.45, 7) is 5.51. The molecule has 0 radical (unpaired) electrons. The lowest BCUT2D eigenvalue weighted by atomic mass is 10.0. The lowest BCUT2D eigenvalue weighted by molar-refractivity contribution is -0.112. The SMILES string of the molecule is COC(C)c1cccc(C(C)=CC(C)=O)c1. The quantitative estimate of drug-likeness (QED) is 0.724. The molecule has 1 aromatic rings. The summed E-state index contributed by atoms with van der Waals surface area (Å²) in [7, 11) is 1.69. The van der Waals surface area contributed by atoms with Gasteiger partial charge in [0.25, 0.3) is 0 Å². The van der Waals surface area contributed by atoms with Gasteiger partial charge in [-0.15, -0.1) is 0 Å². The molecule has 1 unspecified atom stereocenters. The summed E-state index contributed by atoms with van der Waals surface area (Å²) in [5, 5.41) is 0. The number of hydrogen-bond donors (Lipinski definition) is 0. The molecular weight excluding hydrogens is 200 g/mol. The maximum absolute atomic E-state index is 11.0. The highest BCUT2D eigenvalue weighted by Gasteiger charge is 2.05. The van der Waals surface area contributed by atoms with Gasteiger partial charge in [-0.1, -0.05) is 18.2 Å².